The molecule has 3 N–H and O–H groups in total. The van der Waals surface area contributed by atoms with Gasteiger partial charge in [-0.1, -0.05) is 20.8 Å². The molecule has 0 aromatic rings. The van der Waals surface area contributed by atoms with E-state index in [-0.39, 0.29) is 32.0 Å². The third kappa shape index (κ3) is 11.8. The fourth-order valence-electron chi connectivity index (χ4n) is 3.23. The smallest absolute Gasteiger partial charge is 0.317 e. The number of Topliss-reactive ketones (excluding diaryl/α,β-unsaturated/α-hetero) is 1. The highest BCUT2D eigenvalue weighted by Crippen LogP contribution is 2.15. The van der Waals surface area contributed by atoms with Crippen LogP contribution in [0.2, 0.25) is 0 Å². The van der Waals surface area contributed by atoms with Crippen molar-refractivity contribution in [3.63, 3.8) is 0 Å². The fraction of sp³-hybridized carbons (Fsp3) is 0.800. The molecule has 1 aliphatic heterocycles. The van der Waals surface area contributed by atoms with Gasteiger partial charge in [-0.3, -0.25) is 38.8 Å². The number of carboxylic acids is 3. The molecule has 1 saturated heterocycles. The Balaban J connectivity index is 2.80. The SMILES string of the molecule is CC(C)(C)C(=O)CN(CCN1CCN(CC(=O)O)CCN(CC(=O)O)CC1)CC(=O)O. The van der Waals surface area contributed by atoms with Crippen molar-refractivity contribution in [3.8, 4) is 0 Å². The highest BCUT2D eigenvalue weighted by atomic mass is 16.4. The molecule has 1 heterocycles. The number of hydrogen-bond donors (Lipinski definition) is 3. The van der Waals surface area contributed by atoms with Crippen LogP contribution in [-0.4, -0.2) is 137 Å². The molecule has 0 spiro atoms. The Kier molecular flexibility index (Phi) is 11.0. The van der Waals surface area contributed by atoms with Gasteiger partial charge in [0.15, 0.2) is 5.78 Å². The lowest BCUT2D eigenvalue weighted by Gasteiger charge is -2.29. The molecule has 0 aliphatic carbocycles. The Morgan fingerprint density at radius 2 is 1.13 bits per heavy atom. The molecule has 0 saturated carbocycles. The Morgan fingerprint density at radius 1 is 0.710 bits per heavy atom. The Labute approximate surface area is 183 Å². The van der Waals surface area contributed by atoms with Gasteiger partial charge in [-0.25, -0.2) is 0 Å². The second kappa shape index (κ2) is 12.7. The van der Waals surface area contributed by atoms with Gasteiger partial charge in [-0.2, -0.15) is 0 Å². The standard InChI is InChI=1S/C20H36N4O7/c1-20(2,3)16(25)12-24(15-19(30)31)11-6-21-4-7-22(13-17(26)27)9-10-23(8-5-21)14-18(28)29/h4-15H2,1-3H3,(H,26,27)(H,28,29)(H,30,31). The van der Waals surface area contributed by atoms with E-state index in [9.17, 15) is 24.3 Å². The van der Waals surface area contributed by atoms with Crippen molar-refractivity contribution in [1.82, 2.24) is 19.6 Å². The van der Waals surface area contributed by atoms with Crippen molar-refractivity contribution in [2.45, 2.75) is 20.8 Å². The number of nitrogens with zero attached hydrogens (tertiary/aromatic N) is 4. The maximum absolute atomic E-state index is 12.4. The summed E-state index contributed by atoms with van der Waals surface area (Å²) in [5.74, 6) is -2.93. The van der Waals surface area contributed by atoms with Gasteiger partial charge in [0.2, 0.25) is 0 Å². The largest absolute Gasteiger partial charge is 0.480 e. The lowest BCUT2D eigenvalue weighted by Crippen LogP contribution is -2.45. The molecule has 0 amide bonds. The molecule has 1 rings (SSSR count). The predicted octanol–water partition coefficient (Wildman–Crippen LogP) is -0.923. The minimum atomic E-state index is -1.01. The fourth-order valence-corrected chi connectivity index (χ4v) is 3.23. The van der Waals surface area contributed by atoms with Crippen LogP contribution in [0.3, 0.4) is 0 Å². The molecule has 11 nitrogen and oxygen atoms in total. The topological polar surface area (TPSA) is 142 Å². The van der Waals surface area contributed by atoms with Gasteiger partial charge in [0.1, 0.15) is 0 Å². The van der Waals surface area contributed by atoms with E-state index in [1.807, 2.05) is 0 Å². The molecular weight excluding hydrogens is 408 g/mol. The molecule has 0 atom stereocenters. The van der Waals surface area contributed by atoms with Crippen molar-refractivity contribution in [3.05, 3.63) is 0 Å². The second-order valence-electron chi connectivity index (χ2n) is 8.96. The van der Waals surface area contributed by atoms with Crippen molar-refractivity contribution in [1.29, 1.82) is 0 Å². The minimum Gasteiger partial charge on any atom is -0.480 e. The number of carbonyl (C=O) groups excluding carboxylic acids is 1. The quantitative estimate of drug-likeness (QED) is 0.364. The van der Waals surface area contributed by atoms with Crippen LogP contribution in [0.25, 0.3) is 0 Å². The third-order valence-corrected chi connectivity index (χ3v) is 5.21. The molecule has 31 heavy (non-hydrogen) atoms. The average Bonchev–Trinajstić information content (AvgIpc) is 2.69. The Bertz CT molecular complexity index is 608. The summed E-state index contributed by atoms with van der Waals surface area (Å²) in [5.41, 5.74) is -0.566. The molecular formula is C20H36N4O7. The van der Waals surface area contributed by atoms with Gasteiger partial charge in [-0.15, -0.1) is 0 Å². The first kappa shape index (κ1) is 27.0. The van der Waals surface area contributed by atoms with Crippen molar-refractivity contribution in [2.75, 3.05) is 78.5 Å². The van der Waals surface area contributed by atoms with Crippen molar-refractivity contribution < 1.29 is 34.5 Å². The molecule has 0 unspecified atom stereocenters. The lowest BCUT2D eigenvalue weighted by molar-refractivity contribution is -0.140. The van der Waals surface area contributed by atoms with E-state index in [1.165, 1.54) is 0 Å². The van der Waals surface area contributed by atoms with E-state index in [1.54, 1.807) is 35.5 Å². The van der Waals surface area contributed by atoms with Crippen LogP contribution in [0.5, 0.6) is 0 Å². The van der Waals surface area contributed by atoms with Gasteiger partial charge in [0.25, 0.3) is 0 Å². The van der Waals surface area contributed by atoms with Gasteiger partial charge in [0, 0.05) is 57.8 Å². The van der Waals surface area contributed by atoms with Crippen LogP contribution in [0.1, 0.15) is 20.8 Å². The highest BCUT2D eigenvalue weighted by molar-refractivity contribution is 5.86. The van der Waals surface area contributed by atoms with Gasteiger partial charge in [0.05, 0.1) is 26.2 Å². The van der Waals surface area contributed by atoms with Gasteiger partial charge < -0.3 is 15.3 Å². The van der Waals surface area contributed by atoms with Crippen LogP contribution in [0.15, 0.2) is 0 Å². The van der Waals surface area contributed by atoms with E-state index in [0.29, 0.717) is 52.4 Å². The number of rotatable bonds is 11. The van der Waals surface area contributed by atoms with Crippen LogP contribution >= 0.6 is 0 Å². The number of hydrogen-bond acceptors (Lipinski definition) is 8. The zero-order chi connectivity index (χ0) is 23.6. The van der Waals surface area contributed by atoms with E-state index >= 15 is 0 Å². The van der Waals surface area contributed by atoms with E-state index in [2.05, 4.69) is 4.90 Å². The Hall–Kier alpha value is -2.08. The molecule has 178 valence electrons. The Morgan fingerprint density at radius 3 is 1.48 bits per heavy atom. The zero-order valence-corrected chi connectivity index (χ0v) is 18.7. The predicted molar refractivity (Wildman–Crippen MR) is 113 cm³/mol. The van der Waals surface area contributed by atoms with Gasteiger partial charge in [-0.05, 0) is 0 Å². The molecule has 11 heteroatoms. The number of ketones is 1. The summed E-state index contributed by atoms with van der Waals surface area (Å²) in [6, 6.07) is 0. The van der Waals surface area contributed by atoms with E-state index in [4.69, 9.17) is 10.2 Å². The van der Waals surface area contributed by atoms with Crippen LogP contribution in [0.4, 0.5) is 0 Å². The lowest BCUT2D eigenvalue weighted by atomic mass is 9.90. The van der Waals surface area contributed by atoms with Crippen LogP contribution in [0, 0.1) is 5.41 Å². The van der Waals surface area contributed by atoms with E-state index < -0.39 is 23.3 Å². The summed E-state index contributed by atoms with van der Waals surface area (Å²) >= 11 is 0. The summed E-state index contributed by atoms with van der Waals surface area (Å²) < 4.78 is 0. The first-order valence-electron chi connectivity index (χ1n) is 10.4. The second-order valence-corrected chi connectivity index (χ2v) is 8.96. The molecule has 0 aromatic heterocycles. The first-order chi connectivity index (χ1) is 14.4. The maximum atomic E-state index is 12.4. The first-order valence-corrected chi connectivity index (χ1v) is 10.4. The average molecular weight is 445 g/mol. The van der Waals surface area contributed by atoms with Gasteiger partial charge >= 0.3 is 17.9 Å². The molecule has 0 bridgehead atoms. The zero-order valence-electron chi connectivity index (χ0n) is 18.7. The normalized spacial score (nSPS) is 17.7. The summed E-state index contributed by atoms with van der Waals surface area (Å²) in [4.78, 5) is 53.1. The summed E-state index contributed by atoms with van der Waals surface area (Å²) in [6.45, 7) is 8.87. The molecule has 0 aromatic carbocycles. The van der Waals surface area contributed by atoms with Crippen LogP contribution in [-0.2, 0) is 19.2 Å². The third-order valence-electron chi connectivity index (χ3n) is 5.21. The van der Waals surface area contributed by atoms with Crippen molar-refractivity contribution in [2.24, 2.45) is 5.41 Å². The summed E-state index contributed by atoms with van der Waals surface area (Å²) in [6.07, 6.45) is 0. The highest BCUT2D eigenvalue weighted by Gasteiger charge is 2.25. The summed E-state index contributed by atoms with van der Waals surface area (Å²) in [7, 11) is 0. The molecule has 0 radical (unpaired) electrons. The monoisotopic (exact) mass is 444 g/mol. The molecule has 1 aliphatic rings. The molecule has 1 fully saturated rings. The van der Waals surface area contributed by atoms with Crippen LogP contribution < -0.4 is 0 Å². The maximum Gasteiger partial charge on any atom is 0.317 e. The number of carbonyl (C=O) groups is 4. The van der Waals surface area contributed by atoms with Crippen molar-refractivity contribution >= 4 is 23.7 Å². The minimum absolute atomic E-state index is 0.0416. The summed E-state index contributed by atoms with van der Waals surface area (Å²) in [5, 5.41) is 27.5. The van der Waals surface area contributed by atoms with E-state index in [0.717, 1.165) is 0 Å². The number of aliphatic carboxylic acids is 3. The number of carboxylic acid groups (broad SMARTS) is 3.